The van der Waals surface area contributed by atoms with E-state index in [1.807, 2.05) is 25.1 Å². The van der Waals surface area contributed by atoms with Crippen molar-refractivity contribution in [3.8, 4) is 11.5 Å². The van der Waals surface area contributed by atoms with Crippen molar-refractivity contribution in [1.82, 2.24) is 4.98 Å². The van der Waals surface area contributed by atoms with E-state index in [0.29, 0.717) is 17.1 Å². The van der Waals surface area contributed by atoms with Crippen LogP contribution in [0, 0.1) is 17.0 Å². The second-order valence-electron chi connectivity index (χ2n) is 6.86. The topological polar surface area (TPSA) is 98.3 Å². The van der Waals surface area contributed by atoms with Gasteiger partial charge in [0.2, 0.25) is 11.8 Å². The Hall–Kier alpha value is -3.97. The van der Waals surface area contributed by atoms with Gasteiger partial charge in [0.25, 0.3) is 5.69 Å². The minimum atomic E-state index is -0.570. The van der Waals surface area contributed by atoms with Gasteiger partial charge in [-0.25, -0.2) is 4.98 Å². The summed E-state index contributed by atoms with van der Waals surface area (Å²) in [6.07, 6.45) is 2.78. The monoisotopic (exact) mass is 433 g/mol. The Kier molecular flexibility index (Phi) is 5.51. The summed E-state index contributed by atoms with van der Waals surface area (Å²) in [6, 6.07) is 17.2. The number of nitro groups is 1. The molecule has 0 aliphatic heterocycles. The number of anilines is 1. The SMILES string of the molecule is Cc1ccc2nc(-c3ccc(NC(=O)C=Cc4ccc(Cl)c([N+](=O)[O-])c4)cc3)oc2c1. The predicted molar refractivity (Wildman–Crippen MR) is 120 cm³/mol. The van der Waals surface area contributed by atoms with Crippen LogP contribution in [-0.2, 0) is 4.79 Å². The number of amides is 1. The number of hydrogen-bond acceptors (Lipinski definition) is 5. The van der Waals surface area contributed by atoms with Crippen molar-refractivity contribution in [1.29, 1.82) is 0 Å². The molecule has 0 unspecified atom stereocenters. The van der Waals surface area contributed by atoms with Crippen LogP contribution in [0.1, 0.15) is 11.1 Å². The summed E-state index contributed by atoms with van der Waals surface area (Å²) < 4.78 is 5.81. The molecule has 7 nitrogen and oxygen atoms in total. The maximum atomic E-state index is 12.2. The molecule has 0 aliphatic carbocycles. The molecular weight excluding hydrogens is 418 g/mol. The Labute approximate surface area is 182 Å². The molecule has 0 atom stereocenters. The highest BCUT2D eigenvalue weighted by Gasteiger charge is 2.12. The van der Waals surface area contributed by atoms with Crippen LogP contribution < -0.4 is 5.32 Å². The molecule has 0 radical (unpaired) electrons. The van der Waals surface area contributed by atoms with Gasteiger partial charge in [0.15, 0.2) is 5.58 Å². The van der Waals surface area contributed by atoms with E-state index < -0.39 is 4.92 Å². The summed E-state index contributed by atoms with van der Waals surface area (Å²) in [7, 11) is 0. The number of nitro benzene ring substituents is 1. The van der Waals surface area contributed by atoms with Crippen molar-refractivity contribution in [2.24, 2.45) is 0 Å². The van der Waals surface area contributed by atoms with E-state index in [2.05, 4.69) is 10.3 Å². The largest absolute Gasteiger partial charge is 0.436 e. The zero-order chi connectivity index (χ0) is 22.0. The number of rotatable bonds is 5. The van der Waals surface area contributed by atoms with Gasteiger partial charge in [-0.2, -0.15) is 0 Å². The maximum absolute atomic E-state index is 12.2. The number of carbonyl (C=O) groups excluding carboxylic acids is 1. The summed E-state index contributed by atoms with van der Waals surface area (Å²) in [6.45, 7) is 1.99. The number of aromatic nitrogens is 1. The fraction of sp³-hybridized carbons (Fsp3) is 0.0435. The summed E-state index contributed by atoms with van der Waals surface area (Å²) in [5.74, 6) is 0.130. The van der Waals surface area contributed by atoms with Gasteiger partial charge in [0, 0.05) is 23.4 Å². The van der Waals surface area contributed by atoms with Crippen molar-refractivity contribution in [3.63, 3.8) is 0 Å². The molecule has 0 bridgehead atoms. The number of fused-ring (bicyclic) bond motifs is 1. The smallest absolute Gasteiger partial charge is 0.288 e. The van der Waals surface area contributed by atoms with Gasteiger partial charge in [-0.05, 0) is 66.6 Å². The van der Waals surface area contributed by atoms with Gasteiger partial charge in [-0.3, -0.25) is 14.9 Å². The number of carbonyl (C=O) groups is 1. The van der Waals surface area contributed by atoms with Crippen LogP contribution in [0.5, 0.6) is 0 Å². The van der Waals surface area contributed by atoms with Gasteiger partial charge >= 0.3 is 0 Å². The number of nitrogens with zero attached hydrogens (tertiary/aromatic N) is 2. The number of hydrogen-bond donors (Lipinski definition) is 1. The van der Waals surface area contributed by atoms with Gasteiger partial charge in [0.1, 0.15) is 10.5 Å². The van der Waals surface area contributed by atoms with E-state index in [4.69, 9.17) is 16.0 Å². The van der Waals surface area contributed by atoms with E-state index in [1.54, 1.807) is 30.3 Å². The predicted octanol–water partition coefficient (Wildman–Crippen LogP) is 6.02. The van der Waals surface area contributed by atoms with E-state index in [0.717, 1.165) is 22.2 Å². The van der Waals surface area contributed by atoms with Crippen LogP contribution >= 0.6 is 11.6 Å². The third-order valence-corrected chi connectivity index (χ3v) is 4.86. The minimum absolute atomic E-state index is 0.0424. The molecule has 0 fully saturated rings. The van der Waals surface area contributed by atoms with Crippen molar-refractivity contribution < 1.29 is 14.1 Å². The van der Waals surface area contributed by atoms with Crippen LogP contribution in [0.3, 0.4) is 0 Å². The average molecular weight is 434 g/mol. The molecule has 8 heteroatoms. The first-order chi connectivity index (χ1) is 14.9. The van der Waals surface area contributed by atoms with Crippen molar-refractivity contribution in [2.45, 2.75) is 6.92 Å². The van der Waals surface area contributed by atoms with Crippen molar-refractivity contribution in [3.05, 3.63) is 93.0 Å². The summed E-state index contributed by atoms with van der Waals surface area (Å²) in [5.41, 5.74) is 4.25. The zero-order valence-corrected chi connectivity index (χ0v) is 17.1. The van der Waals surface area contributed by atoms with E-state index in [-0.39, 0.29) is 16.6 Å². The fourth-order valence-corrected chi connectivity index (χ4v) is 3.17. The number of nitrogens with one attached hydrogen (secondary N) is 1. The molecule has 1 N–H and O–H groups in total. The molecule has 1 heterocycles. The molecule has 0 saturated heterocycles. The van der Waals surface area contributed by atoms with E-state index >= 15 is 0 Å². The second kappa shape index (κ2) is 8.41. The molecule has 154 valence electrons. The zero-order valence-electron chi connectivity index (χ0n) is 16.3. The normalized spacial score (nSPS) is 11.2. The lowest BCUT2D eigenvalue weighted by Crippen LogP contribution is -2.07. The van der Waals surface area contributed by atoms with Crippen molar-refractivity contribution >= 4 is 46.1 Å². The molecular formula is C23H16ClN3O4. The average Bonchev–Trinajstić information content (AvgIpc) is 3.16. The lowest BCUT2D eigenvalue weighted by atomic mass is 10.2. The molecule has 1 amide bonds. The van der Waals surface area contributed by atoms with Gasteiger partial charge in [-0.15, -0.1) is 0 Å². The maximum Gasteiger partial charge on any atom is 0.288 e. The Bertz CT molecular complexity index is 1330. The van der Waals surface area contributed by atoms with E-state index in [1.165, 1.54) is 24.3 Å². The summed E-state index contributed by atoms with van der Waals surface area (Å²) in [4.78, 5) is 27.1. The van der Waals surface area contributed by atoms with Crippen LogP contribution in [0.25, 0.3) is 28.6 Å². The molecule has 4 aromatic rings. The molecule has 31 heavy (non-hydrogen) atoms. The highest BCUT2D eigenvalue weighted by Crippen LogP contribution is 2.27. The first-order valence-corrected chi connectivity index (χ1v) is 9.67. The highest BCUT2D eigenvalue weighted by molar-refractivity contribution is 6.32. The third-order valence-electron chi connectivity index (χ3n) is 4.54. The van der Waals surface area contributed by atoms with Crippen LogP contribution in [0.4, 0.5) is 11.4 Å². The second-order valence-corrected chi connectivity index (χ2v) is 7.27. The summed E-state index contributed by atoms with van der Waals surface area (Å²) >= 11 is 5.79. The molecule has 0 spiro atoms. The lowest BCUT2D eigenvalue weighted by molar-refractivity contribution is -0.384. The minimum Gasteiger partial charge on any atom is -0.436 e. The number of benzene rings is 3. The molecule has 0 saturated carbocycles. The van der Waals surface area contributed by atoms with Gasteiger partial charge < -0.3 is 9.73 Å². The lowest BCUT2D eigenvalue weighted by Gasteiger charge is -2.03. The van der Waals surface area contributed by atoms with Crippen LogP contribution in [-0.4, -0.2) is 15.8 Å². The summed E-state index contributed by atoms with van der Waals surface area (Å²) in [5, 5.41) is 13.7. The van der Waals surface area contributed by atoms with Gasteiger partial charge in [-0.1, -0.05) is 23.7 Å². The number of oxazole rings is 1. The third kappa shape index (κ3) is 4.62. The standard InChI is InChI=1S/C23H16ClN3O4/c1-14-2-10-19-21(12-14)31-23(26-19)16-5-7-17(8-6-16)25-22(28)11-4-15-3-9-18(24)20(13-15)27(29)30/h2-13H,1H3,(H,25,28). The van der Waals surface area contributed by atoms with E-state index in [9.17, 15) is 14.9 Å². The highest BCUT2D eigenvalue weighted by atomic mass is 35.5. The Morgan fingerprint density at radius 3 is 2.65 bits per heavy atom. The molecule has 1 aromatic heterocycles. The first-order valence-electron chi connectivity index (χ1n) is 9.30. The Balaban J connectivity index is 1.45. The molecule has 0 aliphatic rings. The Morgan fingerprint density at radius 2 is 1.90 bits per heavy atom. The fourth-order valence-electron chi connectivity index (χ4n) is 2.98. The molecule has 4 rings (SSSR count). The van der Waals surface area contributed by atoms with Crippen molar-refractivity contribution in [2.75, 3.05) is 5.32 Å². The van der Waals surface area contributed by atoms with Crippen LogP contribution in [0.15, 0.2) is 71.2 Å². The quantitative estimate of drug-likeness (QED) is 0.236. The number of halogens is 1. The number of aryl methyl sites for hydroxylation is 1. The van der Waals surface area contributed by atoms with Gasteiger partial charge in [0.05, 0.1) is 4.92 Å². The Morgan fingerprint density at radius 1 is 1.13 bits per heavy atom. The molecule has 3 aromatic carbocycles. The first kappa shape index (κ1) is 20.3. The van der Waals surface area contributed by atoms with Crippen LogP contribution in [0.2, 0.25) is 5.02 Å².